The molecule has 0 radical (unpaired) electrons. The van der Waals surface area contributed by atoms with E-state index in [9.17, 15) is 13.8 Å². The van der Waals surface area contributed by atoms with Crippen molar-refractivity contribution in [3.05, 3.63) is 30.3 Å². The lowest BCUT2D eigenvalue weighted by Crippen LogP contribution is -2.44. The molecule has 0 saturated carbocycles. The van der Waals surface area contributed by atoms with Gasteiger partial charge in [0.25, 0.3) is 0 Å². The van der Waals surface area contributed by atoms with Crippen LogP contribution < -0.4 is 5.32 Å². The van der Waals surface area contributed by atoms with Crippen LogP contribution in [0.4, 0.5) is 0 Å². The first kappa shape index (κ1) is 17.4. The highest BCUT2D eigenvalue weighted by Gasteiger charge is 2.23. The van der Waals surface area contributed by atoms with Gasteiger partial charge in [0.2, 0.25) is 5.91 Å². The topological polar surface area (TPSA) is 72.5 Å². The molecule has 1 aromatic rings. The van der Waals surface area contributed by atoms with Crippen LogP contribution >= 0.6 is 0 Å². The average Bonchev–Trinajstić information content (AvgIpc) is 2.50. The van der Waals surface area contributed by atoms with Gasteiger partial charge in [0.1, 0.15) is 6.04 Å². The van der Waals surface area contributed by atoms with Crippen molar-refractivity contribution in [2.45, 2.75) is 31.2 Å². The van der Waals surface area contributed by atoms with Crippen molar-refractivity contribution in [1.82, 2.24) is 5.32 Å². The van der Waals surface area contributed by atoms with E-state index in [1.807, 2.05) is 18.2 Å². The second kappa shape index (κ2) is 8.56. The predicted octanol–water partition coefficient (Wildman–Crippen LogP) is 1.50. The maximum Gasteiger partial charge on any atom is 0.328 e. The van der Waals surface area contributed by atoms with Crippen LogP contribution in [0.25, 0.3) is 0 Å². The SMILES string of the molecule is COC(=O)[C@@H](CC[S@](=O)c1ccccc1)NC(=O)C(C)C. The Bertz CT molecular complexity index is 502. The maximum atomic E-state index is 12.1. The second-order valence-corrected chi connectivity index (χ2v) is 6.46. The number of hydrogen-bond donors (Lipinski definition) is 1. The number of ether oxygens (including phenoxy) is 1. The van der Waals surface area contributed by atoms with Gasteiger partial charge in [-0.1, -0.05) is 32.0 Å². The van der Waals surface area contributed by atoms with Crippen LogP contribution in [0.5, 0.6) is 0 Å². The molecule has 0 spiro atoms. The molecule has 0 fully saturated rings. The molecular weight excluding hydrogens is 290 g/mol. The van der Waals surface area contributed by atoms with Crippen LogP contribution in [0, 0.1) is 5.92 Å². The lowest BCUT2D eigenvalue weighted by molar-refractivity contribution is -0.145. The van der Waals surface area contributed by atoms with Crippen molar-refractivity contribution in [3.63, 3.8) is 0 Å². The molecule has 0 bridgehead atoms. The zero-order valence-electron chi connectivity index (χ0n) is 12.5. The Morgan fingerprint density at radius 3 is 2.38 bits per heavy atom. The van der Waals surface area contributed by atoms with Crippen molar-refractivity contribution in [2.24, 2.45) is 5.92 Å². The summed E-state index contributed by atoms with van der Waals surface area (Å²) in [6.45, 7) is 3.48. The molecule has 6 heteroatoms. The van der Waals surface area contributed by atoms with E-state index in [0.717, 1.165) is 0 Å². The summed E-state index contributed by atoms with van der Waals surface area (Å²) in [6.07, 6.45) is 0.270. The Morgan fingerprint density at radius 1 is 1.24 bits per heavy atom. The fraction of sp³-hybridized carbons (Fsp3) is 0.467. The van der Waals surface area contributed by atoms with Crippen molar-refractivity contribution in [3.8, 4) is 0 Å². The fourth-order valence-corrected chi connectivity index (χ4v) is 2.79. The van der Waals surface area contributed by atoms with E-state index >= 15 is 0 Å². The van der Waals surface area contributed by atoms with Gasteiger partial charge in [-0.3, -0.25) is 9.00 Å². The molecule has 1 N–H and O–H groups in total. The number of amides is 1. The highest BCUT2D eigenvalue weighted by molar-refractivity contribution is 7.85. The van der Waals surface area contributed by atoms with Gasteiger partial charge in [-0.2, -0.15) is 0 Å². The minimum Gasteiger partial charge on any atom is -0.467 e. The van der Waals surface area contributed by atoms with Gasteiger partial charge in [0, 0.05) is 16.6 Å². The Balaban J connectivity index is 2.63. The molecule has 0 unspecified atom stereocenters. The summed E-state index contributed by atoms with van der Waals surface area (Å²) in [5.74, 6) is -0.691. The zero-order valence-corrected chi connectivity index (χ0v) is 13.3. The molecule has 5 nitrogen and oxygen atoms in total. The average molecular weight is 311 g/mol. The Kier molecular flexibility index (Phi) is 7.08. The van der Waals surface area contributed by atoms with E-state index in [2.05, 4.69) is 10.1 Å². The molecule has 0 aromatic heterocycles. The summed E-state index contributed by atoms with van der Waals surface area (Å²) in [7, 11) is 0.0618. The van der Waals surface area contributed by atoms with Crippen LogP contribution in [0.2, 0.25) is 0 Å². The largest absolute Gasteiger partial charge is 0.467 e. The highest BCUT2D eigenvalue weighted by Crippen LogP contribution is 2.09. The molecule has 21 heavy (non-hydrogen) atoms. The van der Waals surface area contributed by atoms with Gasteiger partial charge < -0.3 is 10.1 Å². The van der Waals surface area contributed by atoms with E-state index in [0.29, 0.717) is 4.90 Å². The van der Waals surface area contributed by atoms with E-state index < -0.39 is 22.8 Å². The van der Waals surface area contributed by atoms with Gasteiger partial charge in [-0.15, -0.1) is 0 Å². The molecule has 0 aliphatic rings. The summed E-state index contributed by atoms with van der Waals surface area (Å²) in [5, 5.41) is 2.63. The molecule has 0 aliphatic heterocycles. The number of hydrogen-bond acceptors (Lipinski definition) is 4. The number of nitrogens with one attached hydrogen (secondary N) is 1. The molecule has 116 valence electrons. The third-order valence-corrected chi connectivity index (χ3v) is 4.33. The van der Waals surface area contributed by atoms with E-state index in [1.54, 1.807) is 26.0 Å². The molecule has 1 aromatic carbocycles. The first-order chi connectivity index (χ1) is 9.95. The number of esters is 1. The Morgan fingerprint density at radius 2 is 1.86 bits per heavy atom. The predicted molar refractivity (Wildman–Crippen MR) is 81.1 cm³/mol. The third-order valence-electron chi connectivity index (χ3n) is 2.92. The standard InChI is InChI=1S/C15H21NO4S/c1-11(2)14(17)16-13(15(18)20-3)9-10-21(19)12-7-5-4-6-8-12/h4-8,11,13H,9-10H2,1-3H3,(H,16,17)/t13-,21+/m1/s1. The number of benzene rings is 1. The first-order valence-corrected chi connectivity index (χ1v) is 8.09. The molecule has 2 atom stereocenters. The Labute approximate surface area is 127 Å². The van der Waals surface area contributed by atoms with Gasteiger partial charge in [0.05, 0.1) is 17.9 Å². The first-order valence-electron chi connectivity index (χ1n) is 6.77. The van der Waals surface area contributed by atoms with Gasteiger partial charge in [0.15, 0.2) is 0 Å². The van der Waals surface area contributed by atoms with Crippen LogP contribution in [0.1, 0.15) is 20.3 Å². The molecule has 1 amide bonds. The van der Waals surface area contributed by atoms with Crippen molar-refractivity contribution < 1.29 is 18.5 Å². The van der Waals surface area contributed by atoms with Crippen LogP contribution in [-0.4, -0.2) is 35.0 Å². The van der Waals surface area contributed by atoms with E-state index in [1.165, 1.54) is 7.11 Å². The maximum absolute atomic E-state index is 12.1. The molecular formula is C15H21NO4S. The van der Waals surface area contributed by atoms with Crippen LogP contribution in [0.15, 0.2) is 35.2 Å². The summed E-state index contributed by atoms with van der Waals surface area (Å²) in [4.78, 5) is 24.1. The number of methoxy groups -OCH3 is 1. The summed E-state index contributed by atoms with van der Waals surface area (Å²) < 4.78 is 16.8. The van der Waals surface area contributed by atoms with E-state index in [-0.39, 0.29) is 24.0 Å². The highest BCUT2D eigenvalue weighted by atomic mass is 32.2. The normalized spacial score (nSPS) is 13.5. The lowest BCUT2D eigenvalue weighted by atomic mass is 10.1. The van der Waals surface area contributed by atoms with Crippen molar-refractivity contribution in [1.29, 1.82) is 0 Å². The minimum atomic E-state index is -1.21. The zero-order chi connectivity index (χ0) is 15.8. The number of rotatable bonds is 7. The molecule has 1 rings (SSSR count). The monoisotopic (exact) mass is 311 g/mol. The number of carbonyl (C=O) groups excluding carboxylic acids is 2. The van der Waals surface area contributed by atoms with Crippen molar-refractivity contribution in [2.75, 3.05) is 12.9 Å². The van der Waals surface area contributed by atoms with Crippen LogP contribution in [-0.2, 0) is 25.1 Å². The van der Waals surface area contributed by atoms with E-state index in [4.69, 9.17) is 0 Å². The fourth-order valence-electron chi connectivity index (χ4n) is 1.64. The molecule has 0 saturated heterocycles. The van der Waals surface area contributed by atoms with Gasteiger partial charge in [-0.05, 0) is 18.6 Å². The summed E-state index contributed by atoms with van der Waals surface area (Å²) in [5.41, 5.74) is 0. The third kappa shape index (κ3) is 5.67. The second-order valence-electron chi connectivity index (χ2n) is 4.89. The molecule has 0 aliphatic carbocycles. The summed E-state index contributed by atoms with van der Waals surface area (Å²) in [6, 6.07) is 8.25. The lowest BCUT2D eigenvalue weighted by Gasteiger charge is -2.17. The Hall–Kier alpha value is -1.69. The quantitative estimate of drug-likeness (QED) is 0.775. The van der Waals surface area contributed by atoms with Crippen molar-refractivity contribution >= 4 is 22.7 Å². The molecule has 0 heterocycles. The number of carbonyl (C=O) groups is 2. The van der Waals surface area contributed by atoms with Gasteiger partial charge in [-0.25, -0.2) is 4.79 Å². The summed E-state index contributed by atoms with van der Waals surface area (Å²) >= 11 is 0. The minimum absolute atomic E-state index is 0.225. The van der Waals surface area contributed by atoms with Gasteiger partial charge >= 0.3 is 5.97 Å². The van der Waals surface area contributed by atoms with Crippen LogP contribution in [0.3, 0.4) is 0 Å². The smallest absolute Gasteiger partial charge is 0.328 e.